The van der Waals surface area contributed by atoms with Gasteiger partial charge in [0.15, 0.2) is 11.7 Å². The van der Waals surface area contributed by atoms with Crippen LogP contribution in [0.25, 0.3) is 0 Å². The molecule has 6 nitrogen and oxygen atoms in total. The predicted octanol–water partition coefficient (Wildman–Crippen LogP) is 3.84. The lowest BCUT2D eigenvalue weighted by molar-refractivity contribution is -0.173. The summed E-state index contributed by atoms with van der Waals surface area (Å²) in [6.07, 6.45) is -4.66. The van der Waals surface area contributed by atoms with E-state index in [-0.39, 0.29) is 22.4 Å². The molecule has 1 saturated heterocycles. The highest BCUT2D eigenvalue weighted by molar-refractivity contribution is 9.10. The maximum atomic E-state index is 13.7. The van der Waals surface area contributed by atoms with E-state index in [0.717, 1.165) is 9.56 Å². The monoisotopic (exact) mass is 464 g/mol. The Labute approximate surface area is 165 Å². The Morgan fingerprint density at radius 1 is 1.37 bits per heavy atom. The number of morpholine rings is 1. The first-order chi connectivity index (χ1) is 12.9. The number of nitrogens with one attached hydrogen (secondary N) is 1. The molecule has 11 heteroatoms. The molecule has 2 aliphatic rings. The lowest BCUT2D eigenvalue weighted by Crippen LogP contribution is -2.41. The second-order valence-corrected chi connectivity index (χ2v) is 8.14. The molecule has 0 saturated carbocycles. The number of hydrogen-bond donors (Lipinski definition) is 1. The van der Waals surface area contributed by atoms with E-state index in [1.165, 1.54) is 11.3 Å². The van der Waals surface area contributed by atoms with Gasteiger partial charge in [-0.1, -0.05) is 6.07 Å². The molecule has 4 heterocycles. The van der Waals surface area contributed by atoms with Crippen LogP contribution in [0.5, 0.6) is 0 Å². The van der Waals surface area contributed by atoms with Crippen LogP contribution in [-0.2, 0) is 4.74 Å². The van der Waals surface area contributed by atoms with E-state index in [0.29, 0.717) is 26.3 Å². The third kappa shape index (κ3) is 3.47. The summed E-state index contributed by atoms with van der Waals surface area (Å²) in [5.74, 6) is -0.221. The number of hydrogen-bond acceptors (Lipinski definition) is 5. The van der Waals surface area contributed by atoms with Gasteiger partial charge < -0.3 is 15.0 Å². The summed E-state index contributed by atoms with van der Waals surface area (Å²) >= 11 is 4.70. The summed E-state index contributed by atoms with van der Waals surface area (Å²) in [5, 5.41) is 8.99. The summed E-state index contributed by atoms with van der Waals surface area (Å²) in [4.78, 5) is 15.1. The number of halogens is 4. The van der Waals surface area contributed by atoms with E-state index in [1.807, 2.05) is 5.38 Å². The Hall–Kier alpha value is -1.59. The number of ether oxygens (including phenoxy) is 1. The van der Waals surface area contributed by atoms with E-state index in [4.69, 9.17) is 4.74 Å². The predicted molar refractivity (Wildman–Crippen MR) is 97.0 cm³/mol. The first-order valence-electron chi connectivity index (χ1n) is 8.38. The van der Waals surface area contributed by atoms with E-state index in [1.54, 1.807) is 17.0 Å². The third-order valence-electron chi connectivity index (χ3n) is 4.68. The molecule has 146 valence electrons. The molecule has 1 fully saturated rings. The van der Waals surface area contributed by atoms with Crippen molar-refractivity contribution in [2.24, 2.45) is 0 Å². The number of rotatable bonds is 2. The number of aromatic nitrogens is 2. The molecule has 1 amide bonds. The number of thiophene rings is 1. The maximum Gasteiger partial charge on any atom is 0.410 e. The van der Waals surface area contributed by atoms with Crippen LogP contribution in [-0.4, -0.2) is 53.1 Å². The first-order valence-corrected chi connectivity index (χ1v) is 10.0. The minimum absolute atomic E-state index is 0.0134. The quantitative estimate of drug-likeness (QED) is 0.733. The number of carbonyl (C=O) groups is 1. The molecule has 2 aliphatic heterocycles. The van der Waals surface area contributed by atoms with Crippen molar-refractivity contribution in [3.05, 3.63) is 32.6 Å². The lowest BCUT2D eigenvalue weighted by atomic mass is 10.0. The molecule has 27 heavy (non-hydrogen) atoms. The van der Waals surface area contributed by atoms with Crippen molar-refractivity contribution in [1.82, 2.24) is 14.7 Å². The molecule has 2 atom stereocenters. The van der Waals surface area contributed by atoms with E-state index in [2.05, 4.69) is 26.3 Å². The van der Waals surface area contributed by atoms with Gasteiger partial charge in [-0.2, -0.15) is 18.3 Å². The van der Waals surface area contributed by atoms with Gasteiger partial charge in [-0.05, 0) is 27.4 Å². The van der Waals surface area contributed by atoms with Crippen LogP contribution >= 0.6 is 27.3 Å². The number of nitrogens with zero attached hydrogens (tertiary/aromatic N) is 3. The van der Waals surface area contributed by atoms with Gasteiger partial charge in [0.1, 0.15) is 5.82 Å². The second-order valence-electron chi connectivity index (χ2n) is 6.37. The van der Waals surface area contributed by atoms with Gasteiger partial charge in [0.2, 0.25) is 0 Å². The van der Waals surface area contributed by atoms with Crippen LogP contribution in [0, 0.1) is 0 Å². The number of fused-ring (bicyclic) bond motifs is 1. The molecule has 0 aromatic carbocycles. The zero-order valence-electron chi connectivity index (χ0n) is 14.0. The topological polar surface area (TPSA) is 59.4 Å². The zero-order valence-corrected chi connectivity index (χ0v) is 16.4. The standard InChI is InChI=1S/C16H16BrF3N4O2S/c17-12-13(15(25)23-3-5-26-6-4-23)22-24-11(16(18,19)20)8-9(21-14(12)24)10-2-1-7-27-10/h1-2,7,9,11,21H,3-6,8H2. The smallest absolute Gasteiger partial charge is 0.378 e. The van der Waals surface area contributed by atoms with E-state index in [9.17, 15) is 18.0 Å². The summed E-state index contributed by atoms with van der Waals surface area (Å²) in [7, 11) is 0. The van der Waals surface area contributed by atoms with Gasteiger partial charge >= 0.3 is 6.18 Å². The fourth-order valence-corrected chi connectivity index (χ4v) is 4.65. The molecule has 0 spiro atoms. The van der Waals surface area contributed by atoms with Crippen LogP contribution in [0.4, 0.5) is 19.0 Å². The fraction of sp³-hybridized carbons (Fsp3) is 0.500. The van der Waals surface area contributed by atoms with Gasteiger partial charge in [0.25, 0.3) is 5.91 Å². The summed E-state index contributed by atoms with van der Waals surface area (Å²) < 4.78 is 47.5. The highest BCUT2D eigenvalue weighted by Gasteiger charge is 2.48. The highest BCUT2D eigenvalue weighted by Crippen LogP contribution is 2.47. The lowest BCUT2D eigenvalue weighted by Gasteiger charge is -2.33. The Balaban J connectivity index is 1.72. The van der Waals surface area contributed by atoms with Crippen molar-refractivity contribution in [3.63, 3.8) is 0 Å². The first kappa shape index (κ1) is 18.8. The van der Waals surface area contributed by atoms with Crippen molar-refractivity contribution < 1.29 is 22.7 Å². The Morgan fingerprint density at radius 2 is 2.11 bits per heavy atom. The molecule has 0 aliphatic carbocycles. The summed E-state index contributed by atoms with van der Waals surface area (Å²) in [5.41, 5.74) is -0.0134. The molecule has 4 rings (SSSR count). The van der Waals surface area contributed by atoms with Gasteiger partial charge in [-0.15, -0.1) is 11.3 Å². The number of amides is 1. The van der Waals surface area contributed by atoms with E-state index < -0.39 is 24.2 Å². The number of alkyl halides is 3. The van der Waals surface area contributed by atoms with Crippen LogP contribution in [0.3, 0.4) is 0 Å². The minimum Gasteiger partial charge on any atom is -0.378 e. The SMILES string of the molecule is O=C(c1nn2c(c1Br)NC(c1cccs1)CC2C(F)(F)F)N1CCOCC1. The molecule has 2 unspecified atom stereocenters. The third-order valence-corrected chi connectivity index (χ3v) is 6.42. The largest absolute Gasteiger partial charge is 0.410 e. The summed E-state index contributed by atoms with van der Waals surface area (Å²) in [6.45, 7) is 1.59. The molecular formula is C16H16BrF3N4O2S. The molecule has 0 radical (unpaired) electrons. The average Bonchev–Trinajstić information content (AvgIpc) is 3.29. The van der Waals surface area contributed by atoms with E-state index >= 15 is 0 Å². The Bertz CT molecular complexity index is 834. The highest BCUT2D eigenvalue weighted by atomic mass is 79.9. The molecule has 2 aromatic heterocycles. The van der Waals surface area contributed by atoms with Gasteiger partial charge in [-0.25, -0.2) is 4.68 Å². The van der Waals surface area contributed by atoms with Crippen LogP contribution in [0.2, 0.25) is 0 Å². The van der Waals surface area contributed by atoms with Crippen molar-refractivity contribution in [3.8, 4) is 0 Å². The molecule has 2 aromatic rings. The molecule has 1 N–H and O–H groups in total. The van der Waals surface area contributed by atoms with Crippen molar-refractivity contribution in [2.45, 2.75) is 24.7 Å². The van der Waals surface area contributed by atoms with Crippen LogP contribution in [0.15, 0.2) is 22.0 Å². The van der Waals surface area contributed by atoms with Crippen molar-refractivity contribution >= 4 is 39.0 Å². The second kappa shape index (κ2) is 7.10. The van der Waals surface area contributed by atoms with Crippen LogP contribution in [0.1, 0.15) is 33.9 Å². The normalized spacial score (nSPS) is 23.0. The Morgan fingerprint density at radius 3 is 2.74 bits per heavy atom. The minimum atomic E-state index is -4.48. The summed E-state index contributed by atoms with van der Waals surface area (Å²) in [6, 6.07) is 1.31. The zero-order chi connectivity index (χ0) is 19.2. The van der Waals surface area contributed by atoms with Crippen molar-refractivity contribution in [1.29, 1.82) is 0 Å². The van der Waals surface area contributed by atoms with Crippen molar-refractivity contribution in [2.75, 3.05) is 31.6 Å². The maximum absolute atomic E-state index is 13.7. The van der Waals surface area contributed by atoms with Crippen LogP contribution < -0.4 is 5.32 Å². The number of anilines is 1. The molecule has 0 bridgehead atoms. The van der Waals surface area contributed by atoms with Gasteiger partial charge in [-0.3, -0.25) is 4.79 Å². The average molecular weight is 465 g/mol. The van der Waals surface area contributed by atoms with Gasteiger partial charge in [0, 0.05) is 24.4 Å². The number of carbonyl (C=O) groups excluding carboxylic acids is 1. The van der Waals surface area contributed by atoms with Gasteiger partial charge in [0.05, 0.1) is 23.7 Å². The molecular weight excluding hydrogens is 449 g/mol. The Kier molecular flexibility index (Phi) is 4.93. The fourth-order valence-electron chi connectivity index (χ4n) is 3.32.